The van der Waals surface area contributed by atoms with Crippen molar-refractivity contribution < 1.29 is 8.84 Å². The zero-order valence-corrected chi connectivity index (χ0v) is 22.2. The predicted octanol–water partition coefficient (Wildman–Crippen LogP) is 8.30. The van der Waals surface area contributed by atoms with E-state index in [1.165, 1.54) is 24.8 Å². The third-order valence-electron chi connectivity index (χ3n) is 6.73. The molecule has 0 saturated carbocycles. The zero-order chi connectivity index (χ0) is 23.9. The lowest BCUT2D eigenvalue weighted by atomic mass is 10.0. The molecule has 0 aliphatic carbocycles. The van der Waals surface area contributed by atoms with Gasteiger partial charge in [0.2, 0.25) is 5.89 Å². The van der Waals surface area contributed by atoms with E-state index in [4.69, 9.17) is 8.84 Å². The molecule has 33 heavy (non-hydrogen) atoms. The first-order valence-electron chi connectivity index (χ1n) is 12.3. The molecule has 0 amide bonds. The SMILES string of the molecule is Cc1ccc(-c2cnc(C(CCCCCCc3ccccc3)O[Si](C)(C)C(C)(C)C)o2)nc1. The summed E-state index contributed by atoms with van der Waals surface area (Å²) in [6, 6.07) is 14.8. The molecular weight excluding hydrogens is 424 g/mol. The zero-order valence-electron chi connectivity index (χ0n) is 21.2. The highest BCUT2D eigenvalue weighted by molar-refractivity contribution is 6.74. The molecule has 0 bridgehead atoms. The molecule has 0 fully saturated rings. The minimum atomic E-state index is -1.96. The standard InChI is InChI=1S/C28H40N2O2Si/c1-22-18-19-24(29-20-22)26-21-30-27(31-26)25(32-33(5,6)28(2,3)4)17-13-8-7-10-14-23-15-11-9-12-16-23/h9,11-12,15-16,18-21,25H,7-8,10,13-14,17H2,1-6H3. The Balaban J connectivity index is 1.62. The van der Waals surface area contributed by atoms with Gasteiger partial charge < -0.3 is 8.84 Å². The van der Waals surface area contributed by atoms with E-state index in [1.807, 2.05) is 25.3 Å². The molecule has 0 radical (unpaired) electrons. The molecule has 2 heterocycles. The fraction of sp³-hybridized carbons (Fsp3) is 0.500. The highest BCUT2D eigenvalue weighted by atomic mass is 28.4. The van der Waals surface area contributed by atoms with Gasteiger partial charge in [-0.05, 0) is 61.5 Å². The third-order valence-corrected chi connectivity index (χ3v) is 11.2. The normalized spacial score (nSPS) is 13.3. The lowest BCUT2D eigenvalue weighted by molar-refractivity contribution is 0.139. The van der Waals surface area contributed by atoms with Crippen molar-refractivity contribution in [3.05, 3.63) is 71.9 Å². The summed E-state index contributed by atoms with van der Waals surface area (Å²) in [4.78, 5) is 9.12. The van der Waals surface area contributed by atoms with Crippen molar-refractivity contribution in [1.29, 1.82) is 0 Å². The van der Waals surface area contributed by atoms with Gasteiger partial charge in [0, 0.05) is 6.20 Å². The molecule has 5 heteroatoms. The molecule has 3 rings (SSSR count). The summed E-state index contributed by atoms with van der Waals surface area (Å²) < 4.78 is 13.0. The summed E-state index contributed by atoms with van der Waals surface area (Å²) >= 11 is 0. The van der Waals surface area contributed by atoms with Gasteiger partial charge >= 0.3 is 0 Å². The van der Waals surface area contributed by atoms with Gasteiger partial charge in [-0.15, -0.1) is 0 Å². The molecule has 0 spiro atoms. The van der Waals surface area contributed by atoms with Crippen molar-refractivity contribution in [3.63, 3.8) is 0 Å². The van der Waals surface area contributed by atoms with E-state index in [1.54, 1.807) is 6.20 Å². The van der Waals surface area contributed by atoms with Crippen molar-refractivity contribution in [3.8, 4) is 11.5 Å². The molecule has 0 saturated heterocycles. The Bertz CT molecular complexity index is 975. The van der Waals surface area contributed by atoms with E-state index in [9.17, 15) is 0 Å². The van der Waals surface area contributed by atoms with Gasteiger partial charge in [-0.3, -0.25) is 4.98 Å². The summed E-state index contributed by atoms with van der Waals surface area (Å²) in [5.41, 5.74) is 3.37. The molecule has 0 N–H and O–H groups in total. The number of aryl methyl sites for hydroxylation is 2. The Morgan fingerprint density at radius 1 is 0.909 bits per heavy atom. The first-order valence-corrected chi connectivity index (χ1v) is 15.2. The van der Waals surface area contributed by atoms with Crippen LogP contribution in [0.2, 0.25) is 18.1 Å². The number of hydrogen-bond donors (Lipinski definition) is 0. The lowest BCUT2D eigenvalue weighted by Gasteiger charge is -2.38. The van der Waals surface area contributed by atoms with Crippen LogP contribution in [0.5, 0.6) is 0 Å². The summed E-state index contributed by atoms with van der Waals surface area (Å²) in [5, 5.41) is 0.134. The first-order chi connectivity index (χ1) is 15.7. The predicted molar refractivity (Wildman–Crippen MR) is 139 cm³/mol. The maximum atomic E-state index is 6.79. The van der Waals surface area contributed by atoms with Crippen molar-refractivity contribution in [2.45, 2.75) is 90.5 Å². The number of pyridine rings is 1. The molecule has 4 nitrogen and oxygen atoms in total. The van der Waals surface area contributed by atoms with Crippen LogP contribution in [0, 0.1) is 6.92 Å². The molecule has 1 aromatic carbocycles. The van der Waals surface area contributed by atoms with Gasteiger partial charge in [0.1, 0.15) is 11.8 Å². The quantitative estimate of drug-likeness (QED) is 0.211. The third kappa shape index (κ3) is 7.37. The van der Waals surface area contributed by atoms with Gasteiger partial charge in [-0.2, -0.15) is 0 Å². The van der Waals surface area contributed by atoms with Gasteiger partial charge in [0.25, 0.3) is 0 Å². The van der Waals surface area contributed by atoms with Crippen LogP contribution in [0.4, 0.5) is 0 Å². The highest BCUT2D eigenvalue weighted by Crippen LogP contribution is 2.41. The Hall–Kier alpha value is -2.24. The second kappa shape index (κ2) is 11.3. The number of benzene rings is 1. The monoisotopic (exact) mass is 464 g/mol. The van der Waals surface area contributed by atoms with Crippen LogP contribution in [0.3, 0.4) is 0 Å². The van der Waals surface area contributed by atoms with Gasteiger partial charge in [0.05, 0.1) is 6.20 Å². The van der Waals surface area contributed by atoms with Gasteiger partial charge in [-0.1, -0.05) is 76.4 Å². The van der Waals surface area contributed by atoms with Crippen LogP contribution >= 0.6 is 0 Å². The van der Waals surface area contributed by atoms with Crippen LogP contribution in [0.15, 0.2) is 59.3 Å². The van der Waals surface area contributed by atoms with Crippen molar-refractivity contribution >= 4 is 8.32 Å². The number of aromatic nitrogens is 2. The molecule has 2 aromatic heterocycles. The fourth-order valence-corrected chi connectivity index (χ4v) is 4.87. The van der Waals surface area contributed by atoms with E-state index >= 15 is 0 Å². The molecule has 1 atom stereocenters. The number of oxazole rings is 1. The van der Waals surface area contributed by atoms with Crippen LogP contribution in [0.1, 0.15) is 76.0 Å². The van der Waals surface area contributed by atoms with E-state index in [-0.39, 0.29) is 11.1 Å². The smallest absolute Gasteiger partial charge is 0.222 e. The molecule has 3 aromatic rings. The summed E-state index contributed by atoms with van der Waals surface area (Å²) in [6.07, 6.45) is 10.4. The van der Waals surface area contributed by atoms with E-state index in [2.05, 4.69) is 74.2 Å². The van der Waals surface area contributed by atoms with Crippen molar-refractivity contribution in [2.75, 3.05) is 0 Å². The maximum absolute atomic E-state index is 6.79. The lowest BCUT2D eigenvalue weighted by Crippen LogP contribution is -2.41. The maximum Gasteiger partial charge on any atom is 0.222 e. The summed E-state index contributed by atoms with van der Waals surface area (Å²) in [7, 11) is -1.96. The van der Waals surface area contributed by atoms with E-state index < -0.39 is 8.32 Å². The minimum Gasteiger partial charge on any atom is -0.436 e. The fourth-order valence-electron chi connectivity index (χ4n) is 3.59. The topological polar surface area (TPSA) is 48.2 Å². The van der Waals surface area contributed by atoms with Gasteiger partial charge in [-0.25, -0.2) is 4.98 Å². The largest absolute Gasteiger partial charge is 0.436 e. The summed E-state index contributed by atoms with van der Waals surface area (Å²) in [6.45, 7) is 13.5. The van der Waals surface area contributed by atoms with Crippen LogP contribution in [-0.2, 0) is 10.8 Å². The number of rotatable bonds is 11. The van der Waals surface area contributed by atoms with Crippen LogP contribution < -0.4 is 0 Å². The average Bonchev–Trinajstić information content (AvgIpc) is 3.26. The van der Waals surface area contributed by atoms with Crippen molar-refractivity contribution in [2.24, 2.45) is 0 Å². The molecule has 0 aliphatic heterocycles. The number of nitrogens with zero attached hydrogens (tertiary/aromatic N) is 2. The van der Waals surface area contributed by atoms with Crippen LogP contribution in [-0.4, -0.2) is 18.3 Å². The van der Waals surface area contributed by atoms with Gasteiger partial charge in [0.15, 0.2) is 14.1 Å². The highest BCUT2D eigenvalue weighted by Gasteiger charge is 2.40. The minimum absolute atomic E-state index is 0.112. The van der Waals surface area contributed by atoms with E-state index in [0.29, 0.717) is 11.7 Å². The Morgan fingerprint density at radius 3 is 2.30 bits per heavy atom. The Morgan fingerprint density at radius 2 is 1.64 bits per heavy atom. The molecule has 1 unspecified atom stereocenters. The number of unbranched alkanes of at least 4 members (excludes halogenated alkanes) is 3. The van der Waals surface area contributed by atoms with Crippen LogP contribution in [0.25, 0.3) is 11.5 Å². The molecule has 0 aliphatic rings. The summed E-state index contributed by atoms with van der Waals surface area (Å²) in [5.74, 6) is 1.39. The first kappa shape index (κ1) is 25.4. The molecule has 178 valence electrons. The Kier molecular flexibility index (Phi) is 8.66. The number of hydrogen-bond acceptors (Lipinski definition) is 4. The average molecular weight is 465 g/mol. The Labute approximate surface area is 201 Å². The second-order valence-corrected chi connectivity index (χ2v) is 15.3. The van der Waals surface area contributed by atoms with E-state index in [0.717, 1.165) is 30.5 Å². The van der Waals surface area contributed by atoms with Crippen molar-refractivity contribution in [1.82, 2.24) is 9.97 Å². The molecular formula is C28H40N2O2Si. The second-order valence-electron chi connectivity index (χ2n) is 10.6.